The average molecular weight is 329 g/mol. The summed E-state index contributed by atoms with van der Waals surface area (Å²) >= 11 is 3.32. The number of rotatable bonds is 4. The highest BCUT2D eigenvalue weighted by Crippen LogP contribution is 2.19. The van der Waals surface area contributed by atoms with Crippen LogP contribution in [0.4, 0.5) is 4.39 Å². The third-order valence-electron chi connectivity index (χ3n) is 3.11. The molecule has 0 saturated carbocycles. The van der Waals surface area contributed by atoms with Gasteiger partial charge in [0.2, 0.25) is 11.8 Å². The number of likely N-dealkylation sites (tertiary alicyclic amines) is 1. The van der Waals surface area contributed by atoms with E-state index in [4.69, 9.17) is 0 Å². The molecule has 1 aliphatic rings. The number of likely N-dealkylation sites (N-methyl/N-ethyl adjacent to an activating group) is 1. The van der Waals surface area contributed by atoms with Gasteiger partial charge in [-0.2, -0.15) is 0 Å². The Morgan fingerprint density at radius 1 is 1.47 bits per heavy atom. The van der Waals surface area contributed by atoms with E-state index in [0.717, 1.165) is 10.0 Å². The van der Waals surface area contributed by atoms with Gasteiger partial charge in [-0.3, -0.25) is 14.5 Å². The minimum atomic E-state index is -0.511. The predicted molar refractivity (Wildman–Crippen MR) is 71.7 cm³/mol. The lowest BCUT2D eigenvalue weighted by Gasteiger charge is -2.13. The van der Waals surface area contributed by atoms with Gasteiger partial charge >= 0.3 is 0 Å². The molecule has 1 unspecified atom stereocenters. The summed E-state index contributed by atoms with van der Waals surface area (Å²) in [6.07, 6.45) is 0.166. The van der Waals surface area contributed by atoms with E-state index in [2.05, 4.69) is 21.2 Å². The number of carbonyl (C=O) groups excluding carboxylic acids is 2. The fourth-order valence-corrected chi connectivity index (χ4v) is 2.47. The molecule has 1 atom stereocenters. The zero-order valence-corrected chi connectivity index (χ0v) is 12.0. The lowest BCUT2D eigenvalue weighted by atomic mass is 10.2. The van der Waals surface area contributed by atoms with Crippen molar-refractivity contribution in [3.8, 4) is 0 Å². The van der Waals surface area contributed by atoms with E-state index in [1.54, 1.807) is 13.0 Å². The maximum absolute atomic E-state index is 13.1. The Morgan fingerprint density at radius 3 is 2.84 bits per heavy atom. The molecule has 1 aliphatic heterocycles. The van der Waals surface area contributed by atoms with Crippen LogP contribution in [-0.4, -0.2) is 29.3 Å². The highest BCUT2D eigenvalue weighted by Gasteiger charge is 2.37. The van der Waals surface area contributed by atoms with Crippen molar-refractivity contribution in [2.24, 2.45) is 0 Å². The van der Waals surface area contributed by atoms with Crippen LogP contribution in [0, 0.1) is 5.82 Å². The van der Waals surface area contributed by atoms with Gasteiger partial charge in [-0.25, -0.2) is 4.39 Å². The molecule has 0 aromatic heterocycles. The third kappa shape index (κ3) is 3.01. The van der Waals surface area contributed by atoms with Crippen molar-refractivity contribution >= 4 is 27.7 Å². The molecule has 4 nitrogen and oxygen atoms in total. The van der Waals surface area contributed by atoms with Crippen molar-refractivity contribution < 1.29 is 14.0 Å². The Bertz CT molecular complexity index is 521. The van der Waals surface area contributed by atoms with Crippen molar-refractivity contribution in [1.82, 2.24) is 10.2 Å². The molecular formula is C13H14BrFN2O2. The van der Waals surface area contributed by atoms with Gasteiger partial charge in [-0.15, -0.1) is 0 Å². The van der Waals surface area contributed by atoms with Gasteiger partial charge < -0.3 is 5.32 Å². The number of imide groups is 1. The van der Waals surface area contributed by atoms with E-state index in [1.807, 2.05) is 0 Å². The van der Waals surface area contributed by atoms with Gasteiger partial charge in [0, 0.05) is 17.6 Å². The summed E-state index contributed by atoms with van der Waals surface area (Å²) in [5.74, 6) is -0.702. The molecule has 2 amide bonds. The van der Waals surface area contributed by atoms with Gasteiger partial charge in [-0.05, 0) is 30.7 Å². The number of amides is 2. The van der Waals surface area contributed by atoms with E-state index >= 15 is 0 Å². The second kappa shape index (κ2) is 5.79. The minimum Gasteiger partial charge on any atom is -0.301 e. The van der Waals surface area contributed by atoms with Gasteiger partial charge in [0.1, 0.15) is 5.82 Å². The van der Waals surface area contributed by atoms with Crippen molar-refractivity contribution in [3.63, 3.8) is 0 Å². The summed E-state index contributed by atoms with van der Waals surface area (Å²) < 4.78 is 13.9. The first kappa shape index (κ1) is 14.1. The Morgan fingerprint density at radius 2 is 2.21 bits per heavy atom. The summed E-state index contributed by atoms with van der Waals surface area (Å²) in [6.45, 7) is 2.49. The van der Waals surface area contributed by atoms with Crippen LogP contribution in [-0.2, 0) is 16.1 Å². The summed E-state index contributed by atoms with van der Waals surface area (Å²) in [7, 11) is 0. The number of carbonyl (C=O) groups is 2. The number of nitrogens with zero attached hydrogens (tertiary/aromatic N) is 1. The van der Waals surface area contributed by atoms with Crippen LogP contribution in [0.1, 0.15) is 18.9 Å². The van der Waals surface area contributed by atoms with Crippen molar-refractivity contribution in [2.45, 2.75) is 25.9 Å². The van der Waals surface area contributed by atoms with Crippen molar-refractivity contribution in [1.29, 1.82) is 0 Å². The second-order valence-corrected chi connectivity index (χ2v) is 5.20. The smallest absolute Gasteiger partial charge is 0.246 e. The van der Waals surface area contributed by atoms with Crippen LogP contribution in [0.3, 0.4) is 0 Å². The van der Waals surface area contributed by atoms with E-state index in [-0.39, 0.29) is 24.1 Å². The van der Waals surface area contributed by atoms with Crippen LogP contribution >= 0.6 is 15.9 Å². The van der Waals surface area contributed by atoms with Crippen molar-refractivity contribution in [3.05, 3.63) is 34.1 Å². The molecule has 2 rings (SSSR count). The van der Waals surface area contributed by atoms with Crippen LogP contribution in [0.15, 0.2) is 22.7 Å². The second-order valence-electron chi connectivity index (χ2n) is 4.35. The topological polar surface area (TPSA) is 49.4 Å². The fourth-order valence-electron chi connectivity index (χ4n) is 2.09. The zero-order chi connectivity index (χ0) is 14.0. The molecule has 1 aromatic carbocycles. The molecule has 1 heterocycles. The first-order chi connectivity index (χ1) is 9.02. The van der Waals surface area contributed by atoms with Gasteiger partial charge in [0.15, 0.2) is 0 Å². The summed E-state index contributed by atoms with van der Waals surface area (Å²) in [4.78, 5) is 24.7. The Balaban J connectivity index is 2.02. The summed E-state index contributed by atoms with van der Waals surface area (Å²) in [6, 6.07) is 3.86. The first-order valence-corrected chi connectivity index (χ1v) is 6.83. The molecule has 0 bridgehead atoms. The van der Waals surface area contributed by atoms with Crippen LogP contribution in [0.25, 0.3) is 0 Å². The fraction of sp³-hybridized carbons (Fsp3) is 0.385. The Hall–Kier alpha value is -1.27. The molecule has 0 aliphatic carbocycles. The van der Waals surface area contributed by atoms with Gasteiger partial charge in [0.25, 0.3) is 0 Å². The number of nitrogens with one attached hydrogen (secondary N) is 1. The first-order valence-electron chi connectivity index (χ1n) is 6.04. The van der Waals surface area contributed by atoms with E-state index < -0.39 is 6.04 Å². The Kier molecular flexibility index (Phi) is 4.31. The number of halogens is 2. The van der Waals surface area contributed by atoms with Crippen LogP contribution in [0.5, 0.6) is 0 Å². The number of hydrogen-bond acceptors (Lipinski definition) is 3. The van der Waals surface area contributed by atoms with Crippen LogP contribution < -0.4 is 5.32 Å². The van der Waals surface area contributed by atoms with E-state index in [9.17, 15) is 14.0 Å². The SMILES string of the molecule is CCN1C(=O)CC(NCc2cc(F)ccc2Br)C1=O. The van der Waals surface area contributed by atoms with Crippen LogP contribution in [0.2, 0.25) is 0 Å². The molecule has 1 N–H and O–H groups in total. The Labute approximate surface area is 119 Å². The standard InChI is InChI=1S/C13H14BrFN2O2/c1-2-17-12(18)6-11(13(17)19)16-7-8-5-9(15)3-4-10(8)14/h3-5,11,16H,2,6-7H2,1H3. The maximum atomic E-state index is 13.1. The largest absolute Gasteiger partial charge is 0.301 e. The lowest BCUT2D eigenvalue weighted by molar-refractivity contribution is -0.138. The third-order valence-corrected chi connectivity index (χ3v) is 3.88. The quantitative estimate of drug-likeness (QED) is 0.858. The maximum Gasteiger partial charge on any atom is 0.246 e. The predicted octanol–water partition coefficient (Wildman–Crippen LogP) is 1.83. The van der Waals surface area contributed by atoms with E-state index in [1.165, 1.54) is 17.0 Å². The monoisotopic (exact) mass is 328 g/mol. The molecule has 1 fully saturated rings. The molecule has 19 heavy (non-hydrogen) atoms. The number of hydrogen-bond donors (Lipinski definition) is 1. The van der Waals surface area contributed by atoms with Crippen molar-refractivity contribution in [2.75, 3.05) is 6.54 Å². The number of benzene rings is 1. The molecule has 0 spiro atoms. The minimum absolute atomic E-state index is 0.164. The van der Waals surface area contributed by atoms with E-state index in [0.29, 0.717) is 13.1 Å². The van der Waals surface area contributed by atoms with Gasteiger partial charge in [-0.1, -0.05) is 15.9 Å². The molecular weight excluding hydrogens is 315 g/mol. The lowest BCUT2D eigenvalue weighted by Crippen LogP contribution is -2.38. The average Bonchev–Trinajstić information content (AvgIpc) is 2.65. The zero-order valence-electron chi connectivity index (χ0n) is 10.5. The molecule has 102 valence electrons. The highest BCUT2D eigenvalue weighted by molar-refractivity contribution is 9.10. The molecule has 1 saturated heterocycles. The van der Waals surface area contributed by atoms with Gasteiger partial charge in [0.05, 0.1) is 12.5 Å². The summed E-state index contributed by atoms with van der Waals surface area (Å²) in [5, 5.41) is 3.00. The summed E-state index contributed by atoms with van der Waals surface area (Å²) in [5.41, 5.74) is 0.718. The molecule has 1 aromatic rings. The highest BCUT2D eigenvalue weighted by atomic mass is 79.9. The molecule has 0 radical (unpaired) electrons. The normalized spacial score (nSPS) is 19.3. The molecule has 6 heteroatoms.